The monoisotopic (exact) mass is 686 g/mol. The van der Waals surface area contributed by atoms with E-state index in [-0.39, 0.29) is 51.9 Å². The minimum atomic E-state index is -0.492. The third kappa shape index (κ3) is 5.42. The summed E-state index contributed by atoms with van der Waals surface area (Å²) in [6.07, 6.45) is 5.47. The van der Waals surface area contributed by atoms with Crippen LogP contribution in [-0.2, 0) is 9.59 Å². The van der Waals surface area contributed by atoms with Gasteiger partial charge in [0, 0.05) is 43.1 Å². The summed E-state index contributed by atoms with van der Waals surface area (Å²) in [5.41, 5.74) is 2.40. The van der Waals surface area contributed by atoms with Crippen molar-refractivity contribution in [1.82, 2.24) is 29.9 Å². The number of amides is 2. The average Bonchev–Trinajstić information content (AvgIpc) is 3.35. The van der Waals surface area contributed by atoms with Crippen molar-refractivity contribution in [2.45, 2.75) is 88.6 Å². The second-order valence-corrected chi connectivity index (χ2v) is 15.5. The van der Waals surface area contributed by atoms with E-state index in [0.29, 0.717) is 23.0 Å². The highest BCUT2D eigenvalue weighted by Gasteiger charge is 2.54. The Kier molecular flexibility index (Phi) is 8.58. The van der Waals surface area contributed by atoms with Crippen molar-refractivity contribution < 1.29 is 14.0 Å². The lowest BCUT2D eigenvalue weighted by molar-refractivity contribution is -0.145. The van der Waals surface area contributed by atoms with Gasteiger partial charge in [-0.15, -0.1) is 0 Å². The number of pyridine rings is 1. The van der Waals surface area contributed by atoms with Gasteiger partial charge in [0.05, 0.1) is 22.0 Å². The summed E-state index contributed by atoms with van der Waals surface area (Å²) in [7, 11) is 0. The Morgan fingerprint density at radius 3 is 2.54 bits per heavy atom. The fourth-order valence-electron chi connectivity index (χ4n) is 8.12. The molecule has 5 heterocycles. The Bertz CT molecular complexity index is 1570. The molecule has 3 saturated heterocycles. The smallest absolute Gasteiger partial charge is 0.263 e. The standard InChI is InChI=1S/C34H41Cl2FN6O2S/c1-5-41-15-14-40(18-34(41)12-13-34)31(44)25-10-6-20(4)42(25)32(45)30-28(19(2)3)43-29(21-7-9-23(35)24(37)16-21)27(39-33(43)46-30)22-8-11-26(36)38-17-22/h7-9,11,16-17,19-20,25,27,29,33,39H,5-6,10,12-15,18H2,1-4H3/t20-,25+,27?,29?,33?/m1/s1. The lowest BCUT2D eigenvalue weighted by Crippen LogP contribution is -2.59. The van der Waals surface area contributed by atoms with Crippen LogP contribution in [0.1, 0.15) is 76.6 Å². The first-order valence-corrected chi connectivity index (χ1v) is 18.0. The number of hydrogen-bond acceptors (Lipinski definition) is 7. The van der Waals surface area contributed by atoms with Gasteiger partial charge in [0.25, 0.3) is 5.91 Å². The Labute approximate surface area is 284 Å². The number of nitrogens with zero attached hydrogens (tertiary/aromatic N) is 5. The van der Waals surface area contributed by atoms with E-state index >= 15 is 0 Å². The topological polar surface area (TPSA) is 72.0 Å². The maximum Gasteiger partial charge on any atom is 0.263 e. The molecule has 46 heavy (non-hydrogen) atoms. The molecule has 1 aromatic heterocycles. The summed E-state index contributed by atoms with van der Waals surface area (Å²) in [6.45, 7) is 11.8. The normalized spacial score (nSPS) is 29.0. The number of carbonyl (C=O) groups excluding carboxylic acids is 2. The molecule has 5 atom stereocenters. The molecule has 4 fully saturated rings. The van der Waals surface area contributed by atoms with Crippen molar-refractivity contribution in [3.8, 4) is 0 Å². The average molecular weight is 688 g/mol. The highest BCUT2D eigenvalue weighted by molar-refractivity contribution is 8.04. The van der Waals surface area contributed by atoms with Gasteiger partial charge in [-0.1, -0.05) is 67.9 Å². The van der Waals surface area contributed by atoms with E-state index in [4.69, 9.17) is 23.2 Å². The Balaban J connectivity index is 1.22. The van der Waals surface area contributed by atoms with Gasteiger partial charge in [0.1, 0.15) is 22.5 Å². The summed E-state index contributed by atoms with van der Waals surface area (Å²) < 4.78 is 14.9. The molecule has 2 amide bonds. The second kappa shape index (κ2) is 12.3. The summed E-state index contributed by atoms with van der Waals surface area (Å²) in [4.78, 5) is 42.4. The van der Waals surface area contributed by atoms with Crippen molar-refractivity contribution in [2.24, 2.45) is 5.92 Å². The van der Waals surface area contributed by atoms with Gasteiger partial charge in [0.15, 0.2) is 0 Å². The number of hydrogen-bond donors (Lipinski definition) is 1. The fraction of sp³-hybridized carbons (Fsp3) is 0.559. The zero-order valence-electron chi connectivity index (χ0n) is 26.7. The quantitative estimate of drug-likeness (QED) is 0.364. The van der Waals surface area contributed by atoms with Crippen LogP contribution in [0, 0.1) is 11.7 Å². The SMILES string of the molecule is CCN1CCN(C(=O)[C@@H]2CC[C@@H](C)N2C(=O)C2=C(C(C)C)N3C(NC(c4ccc(Cl)nc4)C3c3ccc(Cl)c(F)c3)S2)CC12CC2. The van der Waals surface area contributed by atoms with E-state index in [1.54, 1.807) is 18.3 Å². The number of aromatic nitrogens is 1. The molecule has 0 radical (unpaired) electrons. The van der Waals surface area contributed by atoms with Crippen LogP contribution in [0.4, 0.5) is 4.39 Å². The number of likely N-dealkylation sites (N-methyl/N-ethyl adjacent to an activating group) is 1. The Hall–Kier alpha value is -2.37. The highest BCUT2D eigenvalue weighted by atomic mass is 35.5. The maximum atomic E-state index is 14.9. The third-order valence-corrected chi connectivity index (χ3v) is 12.3. The van der Waals surface area contributed by atoms with Crippen LogP contribution < -0.4 is 5.32 Å². The van der Waals surface area contributed by atoms with E-state index in [9.17, 15) is 14.0 Å². The molecule has 1 aliphatic carbocycles. The van der Waals surface area contributed by atoms with Crippen LogP contribution in [0.2, 0.25) is 10.2 Å². The molecule has 0 bridgehead atoms. The van der Waals surface area contributed by atoms with Crippen molar-refractivity contribution in [2.75, 3.05) is 26.2 Å². The summed E-state index contributed by atoms with van der Waals surface area (Å²) in [5, 5.41) is 4.17. The van der Waals surface area contributed by atoms with E-state index in [0.717, 1.165) is 55.7 Å². The molecular formula is C34H41Cl2FN6O2S. The number of halogens is 3. The van der Waals surface area contributed by atoms with Gasteiger partial charge in [-0.05, 0) is 74.4 Å². The van der Waals surface area contributed by atoms with Gasteiger partial charge in [0.2, 0.25) is 5.91 Å². The summed E-state index contributed by atoms with van der Waals surface area (Å²) >= 11 is 13.7. The van der Waals surface area contributed by atoms with Crippen molar-refractivity contribution in [1.29, 1.82) is 0 Å². The van der Waals surface area contributed by atoms with Gasteiger partial charge in [-0.25, -0.2) is 9.37 Å². The number of carbonyl (C=O) groups is 2. The molecule has 1 spiro atoms. The first kappa shape index (κ1) is 32.2. The number of benzene rings is 1. The zero-order valence-corrected chi connectivity index (χ0v) is 29.0. The van der Waals surface area contributed by atoms with Crippen molar-refractivity contribution >= 4 is 46.8 Å². The third-order valence-electron chi connectivity index (χ3n) is 10.6. The lowest BCUT2D eigenvalue weighted by atomic mass is 9.93. The van der Waals surface area contributed by atoms with E-state index in [1.807, 2.05) is 21.9 Å². The van der Waals surface area contributed by atoms with E-state index in [2.05, 4.69) is 47.8 Å². The largest absolute Gasteiger partial charge is 0.340 e. The number of rotatable bonds is 6. The predicted molar refractivity (Wildman–Crippen MR) is 179 cm³/mol. The highest BCUT2D eigenvalue weighted by Crippen LogP contribution is 2.54. The first-order valence-electron chi connectivity index (χ1n) is 16.4. The molecule has 4 aliphatic heterocycles. The first-order chi connectivity index (χ1) is 22.0. The minimum Gasteiger partial charge on any atom is -0.340 e. The second-order valence-electron chi connectivity index (χ2n) is 13.6. The van der Waals surface area contributed by atoms with Crippen LogP contribution in [0.5, 0.6) is 0 Å². The Morgan fingerprint density at radius 2 is 1.89 bits per heavy atom. The van der Waals surface area contributed by atoms with Crippen LogP contribution in [0.15, 0.2) is 47.1 Å². The number of allylic oxidation sites excluding steroid dienone is 1. The zero-order chi connectivity index (χ0) is 32.5. The molecule has 8 nitrogen and oxygen atoms in total. The van der Waals surface area contributed by atoms with Gasteiger partial charge < -0.3 is 14.7 Å². The van der Waals surface area contributed by atoms with Crippen LogP contribution >= 0.6 is 35.0 Å². The van der Waals surface area contributed by atoms with Crippen LogP contribution in [0.3, 0.4) is 0 Å². The maximum absolute atomic E-state index is 14.9. The molecule has 12 heteroatoms. The van der Waals surface area contributed by atoms with E-state index in [1.165, 1.54) is 17.8 Å². The minimum absolute atomic E-state index is 0.0103. The summed E-state index contributed by atoms with van der Waals surface area (Å²) in [5.74, 6) is -0.511. The molecule has 7 rings (SSSR count). The molecule has 3 unspecified atom stereocenters. The van der Waals surface area contributed by atoms with Crippen molar-refractivity contribution in [3.05, 3.63) is 74.3 Å². The molecule has 1 N–H and O–H groups in total. The van der Waals surface area contributed by atoms with Gasteiger partial charge >= 0.3 is 0 Å². The number of nitrogens with one attached hydrogen (secondary N) is 1. The lowest BCUT2D eigenvalue weighted by Gasteiger charge is -2.43. The number of thioether (sulfide) groups is 1. The summed E-state index contributed by atoms with van der Waals surface area (Å²) in [6, 6.07) is 7.49. The van der Waals surface area contributed by atoms with Crippen molar-refractivity contribution in [3.63, 3.8) is 0 Å². The molecule has 1 aromatic carbocycles. The molecular weight excluding hydrogens is 646 g/mol. The van der Waals surface area contributed by atoms with Gasteiger partial charge in [-0.2, -0.15) is 0 Å². The van der Waals surface area contributed by atoms with Gasteiger partial charge in [-0.3, -0.25) is 19.8 Å². The fourth-order valence-corrected chi connectivity index (χ4v) is 9.81. The number of piperazine rings is 1. The molecule has 246 valence electrons. The van der Waals surface area contributed by atoms with Crippen LogP contribution in [-0.4, -0.2) is 85.7 Å². The predicted octanol–water partition coefficient (Wildman–Crippen LogP) is 6.19. The van der Waals surface area contributed by atoms with Crippen LogP contribution in [0.25, 0.3) is 0 Å². The van der Waals surface area contributed by atoms with E-state index < -0.39 is 11.9 Å². The molecule has 2 aromatic rings. The molecule has 1 saturated carbocycles. The number of likely N-dealkylation sites (tertiary alicyclic amines) is 1. The number of fused-ring (bicyclic) bond motifs is 1. The Morgan fingerprint density at radius 1 is 1.13 bits per heavy atom. The molecule has 5 aliphatic rings.